The van der Waals surface area contributed by atoms with Gasteiger partial charge in [-0.15, -0.1) is 0 Å². The van der Waals surface area contributed by atoms with Crippen molar-refractivity contribution < 1.29 is 14.3 Å². The second kappa shape index (κ2) is 10.7. The van der Waals surface area contributed by atoms with Crippen LogP contribution >= 0.6 is 0 Å². The van der Waals surface area contributed by atoms with Crippen molar-refractivity contribution in [2.24, 2.45) is 0 Å². The molecular weight excluding hydrogens is 432 g/mol. The minimum absolute atomic E-state index is 0.0598. The highest BCUT2D eigenvalue weighted by Crippen LogP contribution is 2.26. The summed E-state index contributed by atoms with van der Waals surface area (Å²) in [6.45, 7) is 12.7. The lowest BCUT2D eigenvalue weighted by Crippen LogP contribution is -2.52. The van der Waals surface area contributed by atoms with Gasteiger partial charge in [-0.25, -0.2) is 4.68 Å². The summed E-state index contributed by atoms with van der Waals surface area (Å²) >= 11 is 0. The first-order valence-electron chi connectivity index (χ1n) is 12.1. The molecule has 4 rings (SSSR count). The van der Waals surface area contributed by atoms with Crippen LogP contribution < -0.4 is 5.32 Å². The summed E-state index contributed by atoms with van der Waals surface area (Å²) in [5.41, 5.74) is 1.70. The molecule has 1 aromatic heterocycles. The predicted octanol–water partition coefficient (Wildman–Crippen LogP) is 1.58. The summed E-state index contributed by atoms with van der Waals surface area (Å²) in [6, 6.07) is 11.8. The molecule has 2 saturated heterocycles. The minimum Gasteiger partial charge on any atom is -0.378 e. The van der Waals surface area contributed by atoms with Crippen molar-refractivity contribution in [2.45, 2.75) is 26.2 Å². The molecule has 0 saturated carbocycles. The van der Waals surface area contributed by atoms with Crippen LogP contribution in [0.5, 0.6) is 0 Å². The highest BCUT2D eigenvalue weighted by Gasteiger charge is 2.25. The number of rotatable bonds is 6. The van der Waals surface area contributed by atoms with Gasteiger partial charge in [0.05, 0.1) is 37.7 Å². The fourth-order valence-electron chi connectivity index (χ4n) is 4.20. The molecule has 3 heterocycles. The highest BCUT2D eigenvalue weighted by molar-refractivity contribution is 5.91. The predicted molar refractivity (Wildman–Crippen MR) is 131 cm³/mol. The Morgan fingerprint density at radius 1 is 0.941 bits per heavy atom. The summed E-state index contributed by atoms with van der Waals surface area (Å²) in [6.07, 6.45) is 0. The van der Waals surface area contributed by atoms with Crippen LogP contribution in [0, 0.1) is 0 Å². The molecule has 2 aliphatic rings. The van der Waals surface area contributed by atoms with Crippen LogP contribution in [-0.2, 0) is 19.7 Å². The number of carbonyl (C=O) groups excluding carboxylic acids is 2. The molecule has 0 radical (unpaired) electrons. The summed E-state index contributed by atoms with van der Waals surface area (Å²) in [7, 11) is 0. The summed E-state index contributed by atoms with van der Waals surface area (Å²) in [4.78, 5) is 31.6. The molecular formula is C25H36N6O3. The number of hydrogen-bond donors (Lipinski definition) is 1. The first-order valence-corrected chi connectivity index (χ1v) is 12.1. The fourth-order valence-corrected chi connectivity index (χ4v) is 4.20. The lowest BCUT2D eigenvalue weighted by molar-refractivity contribution is -0.137. The number of ether oxygens (including phenoxy) is 1. The molecule has 0 bridgehead atoms. The topological polar surface area (TPSA) is 82.9 Å². The Morgan fingerprint density at radius 3 is 2.18 bits per heavy atom. The van der Waals surface area contributed by atoms with Gasteiger partial charge < -0.3 is 15.0 Å². The van der Waals surface area contributed by atoms with Crippen molar-refractivity contribution in [1.82, 2.24) is 24.5 Å². The van der Waals surface area contributed by atoms with Crippen molar-refractivity contribution in [3.05, 3.63) is 42.1 Å². The van der Waals surface area contributed by atoms with E-state index in [4.69, 9.17) is 9.84 Å². The number of nitrogens with one attached hydrogen (secondary N) is 1. The van der Waals surface area contributed by atoms with Gasteiger partial charge in [0.15, 0.2) is 0 Å². The van der Waals surface area contributed by atoms with E-state index in [1.54, 1.807) is 4.68 Å². The van der Waals surface area contributed by atoms with E-state index in [-0.39, 0.29) is 17.2 Å². The molecule has 2 aromatic rings. The van der Waals surface area contributed by atoms with E-state index in [0.29, 0.717) is 45.2 Å². The van der Waals surface area contributed by atoms with E-state index in [2.05, 4.69) is 35.9 Å². The number of morpholine rings is 1. The maximum absolute atomic E-state index is 12.9. The highest BCUT2D eigenvalue weighted by atomic mass is 16.5. The molecule has 2 fully saturated rings. The third-order valence-electron chi connectivity index (χ3n) is 6.30. The number of aromatic nitrogens is 2. The molecule has 0 unspecified atom stereocenters. The zero-order chi connectivity index (χ0) is 24.1. The first kappa shape index (κ1) is 24.4. The first-order chi connectivity index (χ1) is 16.3. The molecule has 9 nitrogen and oxygen atoms in total. The van der Waals surface area contributed by atoms with Crippen LogP contribution in [0.2, 0.25) is 0 Å². The summed E-state index contributed by atoms with van der Waals surface area (Å²) < 4.78 is 7.13. The number of anilines is 1. The molecule has 184 valence electrons. The van der Waals surface area contributed by atoms with Gasteiger partial charge >= 0.3 is 0 Å². The number of benzene rings is 1. The van der Waals surface area contributed by atoms with Crippen molar-refractivity contribution in [3.63, 3.8) is 0 Å². The normalized spacial score (nSPS) is 18.1. The van der Waals surface area contributed by atoms with Gasteiger partial charge in [0.2, 0.25) is 11.8 Å². The van der Waals surface area contributed by atoms with E-state index in [9.17, 15) is 9.59 Å². The SMILES string of the molecule is CC(C)(C)c1cc(NC(=O)CN2CCN(CC(=O)N3CCOCC3)CC2)n(-c2ccccc2)n1. The fraction of sp³-hybridized carbons (Fsp3) is 0.560. The second-order valence-electron chi connectivity index (χ2n) is 10.0. The molecule has 2 amide bonds. The number of amides is 2. The van der Waals surface area contributed by atoms with Gasteiger partial charge in [-0.1, -0.05) is 39.0 Å². The van der Waals surface area contributed by atoms with Crippen LogP contribution in [-0.4, -0.2) is 102 Å². The van der Waals surface area contributed by atoms with Gasteiger partial charge in [-0.2, -0.15) is 5.10 Å². The maximum atomic E-state index is 12.9. The van der Waals surface area contributed by atoms with Gasteiger partial charge in [0.25, 0.3) is 0 Å². The Hall–Kier alpha value is -2.75. The van der Waals surface area contributed by atoms with E-state index in [1.165, 1.54) is 0 Å². The van der Waals surface area contributed by atoms with E-state index >= 15 is 0 Å². The van der Waals surface area contributed by atoms with Crippen LogP contribution in [0.1, 0.15) is 26.5 Å². The van der Waals surface area contributed by atoms with E-state index in [0.717, 1.165) is 37.6 Å². The number of nitrogens with zero attached hydrogens (tertiary/aromatic N) is 5. The second-order valence-corrected chi connectivity index (χ2v) is 10.0. The van der Waals surface area contributed by atoms with Gasteiger partial charge in [0.1, 0.15) is 5.82 Å². The lowest BCUT2D eigenvalue weighted by Gasteiger charge is -2.35. The molecule has 34 heavy (non-hydrogen) atoms. The molecule has 2 aliphatic heterocycles. The molecule has 1 aromatic carbocycles. The minimum atomic E-state index is -0.130. The Labute approximate surface area is 201 Å². The Balaban J connectivity index is 1.31. The average molecular weight is 469 g/mol. The lowest BCUT2D eigenvalue weighted by atomic mass is 9.92. The Morgan fingerprint density at radius 2 is 1.56 bits per heavy atom. The van der Waals surface area contributed by atoms with Gasteiger partial charge in [-0.3, -0.25) is 19.4 Å². The molecule has 1 N–H and O–H groups in total. The number of carbonyl (C=O) groups is 2. The van der Waals surface area contributed by atoms with Crippen LogP contribution in [0.3, 0.4) is 0 Å². The van der Waals surface area contributed by atoms with Crippen molar-refractivity contribution in [2.75, 3.05) is 70.9 Å². The largest absolute Gasteiger partial charge is 0.378 e. The molecule has 0 spiro atoms. The smallest absolute Gasteiger partial charge is 0.239 e. The Kier molecular flexibility index (Phi) is 7.65. The monoisotopic (exact) mass is 468 g/mol. The zero-order valence-corrected chi connectivity index (χ0v) is 20.5. The van der Waals surface area contributed by atoms with Crippen molar-refractivity contribution >= 4 is 17.6 Å². The summed E-state index contributed by atoms with van der Waals surface area (Å²) in [5.74, 6) is 0.782. The summed E-state index contributed by atoms with van der Waals surface area (Å²) in [5, 5.41) is 7.83. The number of piperazine rings is 1. The van der Waals surface area contributed by atoms with Gasteiger partial charge in [-0.05, 0) is 12.1 Å². The average Bonchev–Trinajstić information content (AvgIpc) is 3.26. The number of hydrogen-bond acceptors (Lipinski definition) is 6. The Bertz CT molecular complexity index is 970. The van der Waals surface area contributed by atoms with Gasteiger partial charge in [0, 0.05) is 50.7 Å². The number of para-hydroxylation sites is 1. The van der Waals surface area contributed by atoms with E-state index < -0.39 is 0 Å². The third kappa shape index (κ3) is 6.22. The zero-order valence-electron chi connectivity index (χ0n) is 20.5. The van der Waals surface area contributed by atoms with E-state index in [1.807, 2.05) is 41.3 Å². The van der Waals surface area contributed by atoms with Crippen LogP contribution in [0.4, 0.5) is 5.82 Å². The maximum Gasteiger partial charge on any atom is 0.239 e. The standard InChI is InChI=1S/C25H36N6O3/c1-25(2,3)21-17-22(31(27-21)20-7-5-4-6-8-20)26-23(32)18-28-9-11-29(12-10-28)19-24(33)30-13-15-34-16-14-30/h4-8,17H,9-16,18-19H2,1-3H3,(H,26,32). The molecule has 0 aliphatic carbocycles. The molecule has 0 atom stereocenters. The van der Waals surface area contributed by atoms with Crippen molar-refractivity contribution in [1.29, 1.82) is 0 Å². The quantitative estimate of drug-likeness (QED) is 0.693. The van der Waals surface area contributed by atoms with Crippen molar-refractivity contribution in [3.8, 4) is 5.69 Å². The van der Waals surface area contributed by atoms with Crippen LogP contribution in [0.25, 0.3) is 5.69 Å². The third-order valence-corrected chi connectivity index (χ3v) is 6.30. The van der Waals surface area contributed by atoms with Crippen LogP contribution in [0.15, 0.2) is 36.4 Å². The molecule has 9 heteroatoms.